The maximum atomic E-state index is 13.2. The van der Waals surface area contributed by atoms with E-state index >= 15 is 0 Å². The van der Waals surface area contributed by atoms with E-state index in [1.165, 1.54) is 23.9 Å². The van der Waals surface area contributed by atoms with Crippen LogP contribution in [0.15, 0.2) is 48.5 Å². The van der Waals surface area contributed by atoms with Gasteiger partial charge < -0.3 is 5.32 Å². The normalized spacial score (nSPS) is 17.0. The van der Waals surface area contributed by atoms with Gasteiger partial charge in [-0.3, -0.25) is 14.5 Å². The second-order valence-electron chi connectivity index (χ2n) is 6.68. The summed E-state index contributed by atoms with van der Waals surface area (Å²) in [5, 5.41) is 2.71. The number of nitrogens with one attached hydrogen (secondary N) is 1. The summed E-state index contributed by atoms with van der Waals surface area (Å²) in [5.41, 5.74) is 2.31. The minimum absolute atomic E-state index is 0.0131. The molecule has 0 unspecified atom stereocenters. The number of hydrogen-bond donors (Lipinski definition) is 1. The second kappa shape index (κ2) is 7.91. The third-order valence-electron chi connectivity index (χ3n) is 4.02. The van der Waals surface area contributed by atoms with Crippen molar-refractivity contribution in [1.29, 1.82) is 0 Å². The number of nitrogens with zero attached hydrogens (tertiary/aromatic N) is 1. The highest BCUT2D eigenvalue weighted by molar-refractivity contribution is 8.00. The van der Waals surface area contributed by atoms with Crippen molar-refractivity contribution in [3.8, 4) is 0 Å². The summed E-state index contributed by atoms with van der Waals surface area (Å²) >= 11 is 1.52. The van der Waals surface area contributed by atoms with Gasteiger partial charge in [-0.15, -0.1) is 11.8 Å². The largest absolute Gasteiger partial charge is 0.326 e. The van der Waals surface area contributed by atoms with Gasteiger partial charge in [0.05, 0.1) is 5.75 Å². The van der Waals surface area contributed by atoms with Crippen molar-refractivity contribution >= 4 is 35.0 Å². The van der Waals surface area contributed by atoms with Crippen molar-refractivity contribution in [3.05, 3.63) is 59.9 Å². The maximum absolute atomic E-state index is 13.2. The second-order valence-corrected chi connectivity index (χ2v) is 7.74. The summed E-state index contributed by atoms with van der Waals surface area (Å²) in [4.78, 5) is 26.1. The quantitative estimate of drug-likeness (QED) is 0.835. The molecule has 0 saturated carbocycles. The average Bonchev–Trinajstić information content (AvgIpc) is 2.97. The Morgan fingerprint density at radius 3 is 2.69 bits per heavy atom. The minimum Gasteiger partial charge on any atom is -0.326 e. The fourth-order valence-corrected chi connectivity index (χ4v) is 4.07. The SMILES string of the molecule is CC(C)CC(=O)Nc1cccc([C@@H]2SCC(=O)N2c2ccc(F)cc2)c1. The lowest BCUT2D eigenvalue weighted by molar-refractivity contribution is -0.117. The van der Waals surface area contributed by atoms with Gasteiger partial charge in [0, 0.05) is 17.8 Å². The molecule has 0 radical (unpaired) electrons. The average molecular weight is 372 g/mol. The lowest BCUT2D eigenvalue weighted by Crippen LogP contribution is -2.27. The fraction of sp³-hybridized carbons (Fsp3) is 0.300. The zero-order chi connectivity index (χ0) is 18.7. The smallest absolute Gasteiger partial charge is 0.238 e. The molecule has 0 aromatic heterocycles. The zero-order valence-corrected chi connectivity index (χ0v) is 15.6. The van der Waals surface area contributed by atoms with Crippen LogP contribution in [0.25, 0.3) is 0 Å². The standard InChI is InChI=1S/C20H21FN2O2S/c1-13(2)10-18(24)22-16-5-3-4-14(11-16)20-23(19(25)12-26-20)17-8-6-15(21)7-9-17/h3-9,11,13,20H,10,12H2,1-2H3,(H,22,24)/t20-/m0/s1. The molecule has 1 aliphatic rings. The molecule has 1 atom stereocenters. The summed E-state index contributed by atoms with van der Waals surface area (Å²) < 4.78 is 13.2. The third kappa shape index (κ3) is 4.25. The lowest BCUT2D eigenvalue weighted by Gasteiger charge is -2.24. The van der Waals surface area contributed by atoms with Gasteiger partial charge in [-0.25, -0.2) is 4.39 Å². The number of amides is 2. The summed E-state index contributed by atoms with van der Waals surface area (Å²) in [6, 6.07) is 13.5. The van der Waals surface area contributed by atoms with E-state index in [2.05, 4.69) is 5.32 Å². The Morgan fingerprint density at radius 1 is 1.27 bits per heavy atom. The molecule has 2 aromatic carbocycles. The van der Waals surface area contributed by atoms with Crippen molar-refractivity contribution in [2.75, 3.05) is 16.0 Å². The number of anilines is 2. The van der Waals surface area contributed by atoms with E-state index in [1.54, 1.807) is 17.0 Å². The van der Waals surface area contributed by atoms with Crippen LogP contribution >= 0.6 is 11.8 Å². The van der Waals surface area contributed by atoms with Gasteiger partial charge in [0.25, 0.3) is 0 Å². The van der Waals surface area contributed by atoms with E-state index in [-0.39, 0.29) is 28.9 Å². The molecule has 6 heteroatoms. The molecule has 0 aliphatic carbocycles. The molecular formula is C20H21FN2O2S. The van der Waals surface area contributed by atoms with Gasteiger partial charge >= 0.3 is 0 Å². The molecule has 1 N–H and O–H groups in total. The Kier molecular flexibility index (Phi) is 5.61. The minimum atomic E-state index is -0.334. The van der Waals surface area contributed by atoms with E-state index in [4.69, 9.17) is 0 Å². The molecule has 136 valence electrons. The molecule has 2 aromatic rings. The highest BCUT2D eigenvalue weighted by Gasteiger charge is 2.34. The lowest BCUT2D eigenvalue weighted by atomic mass is 10.1. The number of halogens is 1. The predicted octanol–water partition coefficient (Wildman–Crippen LogP) is 4.59. The first kappa shape index (κ1) is 18.5. The summed E-state index contributed by atoms with van der Waals surface area (Å²) in [6.45, 7) is 3.99. The van der Waals surface area contributed by atoms with Crippen LogP contribution in [0.1, 0.15) is 31.2 Å². The van der Waals surface area contributed by atoms with Crippen LogP contribution in [0.5, 0.6) is 0 Å². The molecule has 1 fully saturated rings. The van der Waals surface area contributed by atoms with E-state index < -0.39 is 0 Å². The van der Waals surface area contributed by atoms with Crippen molar-refractivity contribution < 1.29 is 14.0 Å². The van der Waals surface area contributed by atoms with Crippen LogP contribution in [0.4, 0.5) is 15.8 Å². The van der Waals surface area contributed by atoms with Crippen molar-refractivity contribution in [1.82, 2.24) is 0 Å². The zero-order valence-electron chi connectivity index (χ0n) is 14.7. The molecule has 1 heterocycles. The third-order valence-corrected chi connectivity index (χ3v) is 5.23. The molecule has 4 nitrogen and oxygen atoms in total. The molecule has 26 heavy (non-hydrogen) atoms. The Bertz CT molecular complexity index is 808. The summed E-state index contributed by atoms with van der Waals surface area (Å²) in [5.74, 6) is 0.282. The van der Waals surface area contributed by atoms with Gasteiger partial charge in [0.1, 0.15) is 11.2 Å². The summed E-state index contributed by atoms with van der Waals surface area (Å²) in [7, 11) is 0. The number of thioether (sulfide) groups is 1. The molecule has 2 amide bonds. The van der Waals surface area contributed by atoms with Gasteiger partial charge in [-0.1, -0.05) is 26.0 Å². The van der Waals surface area contributed by atoms with Crippen molar-refractivity contribution in [3.63, 3.8) is 0 Å². The Hall–Kier alpha value is -2.34. The Labute approximate surface area is 156 Å². The maximum Gasteiger partial charge on any atom is 0.238 e. The van der Waals surface area contributed by atoms with E-state index in [9.17, 15) is 14.0 Å². The number of benzene rings is 2. The van der Waals surface area contributed by atoms with Crippen molar-refractivity contribution in [2.24, 2.45) is 5.92 Å². The molecule has 0 bridgehead atoms. The Balaban J connectivity index is 1.83. The molecule has 0 spiro atoms. The highest BCUT2D eigenvalue weighted by atomic mass is 32.2. The first-order chi connectivity index (χ1) is 12.4. The Morgan fingerprint density at radius 2 is 2.00 bits per heavy atom. The van der Waals surface area contributed by atoms with Crippen LogP contribution in [0.2, 0.25) is 0 Å². The molecule has 1 aliphatic heterocycles. The number of rotatable bonds is 5. The monoisotopic (exact) mass is 372 g/mol. The topological polar surface area (TPSA) is 49.4 Å². The summed E-state index contributed by atoms with van der Waals surface area (Å²) in [6.07, 6.45) is 0.461. The van der Waals surface area contributed by atoms with E-state index in [1.807, 2.05) is 38.1 Å². The van der Waals surface area contributed by atoms with Gasteiger partial charge in [0.15, 0.2) is 0 Å². The highest BCUT2D eigenvalue weighted by Crippen LogP contribution is 2.42. The first-order valence-electron chi connectivity index (χ1n) is 8.53. The molecule has 3 rings (SSSR count). The van der Waals surface area contributed by atoms with Gasteiger partial charge in [0.2, 0.25) is 11.8 Å². The first-order valence-corrected chi connectivity index (χ1v) is 9.58. The van der Waals surface area contributed by atoms with Crippen LogP contribution in [0, 0.1) is 11.7 Å². The van der Waals surface area contributed by atoms with Crippen molar-refractivity contribution in [2.45, 2.75) is 25.6 Å². The molecule has 1 saturated heterocycles. The number of hydrogen-bond acceptors (Lipinski definition) is 3. The van der Waals surface area contributed by atoms with Crippen LogP contribution < -0.4 is 10.2 Å². The number of carbonyl (C=O) groups is 2. The number of carbonyl (C=O) groups excluding carboxylic acids is 2. The molecular weight excluding hydrogens is 351 g/mol. The van der Waals surface area contributed by atoms with Crippen LogP contribution in [-0.4, -0.2) is 17.6 Å². The van der Waals surface area contributed by atoms with Gasteiger partial charge in [-0.2, -0.15) is 0 Å². The van der Waals surface area contributed by atoms with Crippen LogP contribution in [0.3, 0.4) is 0 Å². The van der Waals surface area contributed by atoms with Crippen LogP contribution in [-0.2, 0) is 9.59 Å². The van der Waals surface area contributed by atoms with E-state index in [0.717, 1.165) is 5.56 Å². The van der Waals surface area contributed by atoms with E-state index in [0.29, 0.717) is 23.5 Å². The van der Waals surface area contributed by atoms with Gasteiger partial charge in [-0.05, 0) is 47.9 Å². The fourth-order valence-electron chi connectivity index (χ4n) is 2.90. The predicted molar refractivity (Wildman–Crippen MR) is 104 cm³/mol.